The second-order valence-corrected chi connectivity index (χ2v) is 3.24. The van der Waals surface area contributed by atoms with E-state index in [9.17, 15) is 13.2 Å². The van der Waals surface area contributed by atoms with Crippen LogP contribution in [0.3, 0.4) is 0 Å². The highest BCUT2D eigenvalue weighted by Crippen LogP contribution is 2.31. The van der Waals surface area contributed by atoms with Crippen LogP contribution >= 0.6 is 12.4 Å². The van der Waals surface area contributed by atoms with Crippen molar-refractivity contribution in [2.75, 3.05) is 0 Å². The summed E-state index contributed by atoms with van der Waals surface area (Å²) in [7, 11) is 0. The number of rotatable bonds is 2. The molecule has 0 fully saturated rings. The lowest BCUT2D eigenvalue weighted by Crippen LogP contribution is -2.15. The van der Waals surface area contributed by atoms with Gasteiger partial charge in [0, 0.05) is 12.5 Å². The smallest absolute Gasteiger partial charge is 0.273 e. The Morgan fingerprint density at radius 2 is 2.00 bits per heavy atom. The minimum absolute atomic E-state index is 0. The molecule has 0 aliphatic rings. The molecule has 1 aromatic carbocycles. The lowest BCUT2D eigenvalue weighted by Gasteiger charge is -2.15. The predicted molar refractivity (Wildman–Crippen MR) is 59.0 cm³/mol. The van der Waals surface area contributed by atoms with Crippen molar-refractivity contribution in [2.45, 2.75) is 18.9 Å². The number of hydrogen-bond acceptors (Lipinski definition) is 1. The molecule has 0 aromatic heterocycles. The van der Waals surface area contributed by atoms with Crippen LogP contribution in [0.5, 0.6) is 0 Å². The first-order valence-electron chi connectivity index (χ1n) is 4.26. The van der Waals surface area contributed by atoms with Crippen molar-refractivity contribution in [2.24, 2.45) is 5.73 Å². The Hall–Kier alpha value is -1.18. The molecule has 0 amide bonds. The van der Waals surface area contributed by atoms with Gasteiger partial charge in [-0.1, -0.05) is 24.1 Å². The van der Waals surface area contributed by atoms with Gasteiger partial charge in [0.25, 0.3) is 5.92 Å². The van der Waals surface area contributed by atoms with Gasteiger partial charge in [0.15, 0.2) is 0 Å². The fraction of sp³-hybridized carbons (Fsp3) is 0.273. The van der Waals surface area contributed by atoms with Crippen molar-refractivity contribution in [1.29, 1.82) is 0 Å². The Kier molecular flexibility index (Phi) is 4.85. The molecule has 88 valence electrons. The van der Waals surface area contributed by atoms with Gasteiger partial charge in [0.1, 0.15) is 5.82 Å². The lowest BCUT2D eigenvalue weighted by molar-refractivity contribution is 0.0136. The second kappa shape index (κ2) is 5.24. The fourth-order valence-electron chi connectivity index (χ4n) is 1.22. The van der Waals surface area contributed by atoms with Crippen molar-refractivity contribution in [1.82, 2.24) is 0 Å². The molecular weight excluding hydrogens is 239 g/mol. The van der Waals surface area contributed by atoms with Crippen molar-refractivity contribution >= 4 is 12.4 Å². The van der Waals surface area contributed by atoms with E-state index in [-0.39, 0.29) is 18.0 Å². The highest BCUT2D eigenvalue weighted by atomic mass is 35.5. The Morgan fingerprint density at radius 1 is 1.44 bits per heavy atom. The van der Waals surface area contributed by atoms with E-state index in [0.717, 1.165) is 6.07 Å². The zero-order chi connectivity index (χ0) is 11.6. The molecule has 0 heterocycles. The molecule has 0 saturated carbocycles. The summed E-state index contributed by atoms with van der Waals surface area (Å²) in [6.07, 6.45) is 5.00. The molecule has 0 radical (unpaired) electrons. The molecule has 1 rings (SSSR count). The van der Waals surface area contributed by atoms with Crippen LogP contribution in [-0.4, -0.2) is 0 Å². The van der Waals surface area contributed by atoms with Crippen LogP contribution in [0.15, 0.2) is 18.2 Å². The Morgan fingerprint density at radius 3 is 2.44 bits per heavy atom. The first-order chi connectivity index (χ1) is 6.88. The average molecular weight is 250 g/mol. The van der Waals surface area contributed by atoms with Gasteiger partial charge in [0.2, 0.25) is 0 Å². The van der Waals surface area contributed by atoms with E-state index in [2.05, 4.69) is 5.92 Å². The molecule has 0 bridgehead atoms. The third-order valence-corrected chi connectivity index (χ3v) is 2.02. The summed E-state index contributed by atoms with van der Waals surface area (Å²) in [4.78, 5) is 0. The number of nitrogens with two attached hydrogens (primary N) is 1. The van der Waals surface area contributed by atoms with Crippen LogP contribution in [0.25, 0.3) is 0 Å². The molecule has 0 unspecified atom stereocenters. The van der Waals surface area contributed by atoms with Crippen molar-refractivity contribution in [3.63, 3.8) is 0 Å². The van der Waals surface area contributed by atoms with Gasteiger partial charge < -0.3 is 5.73 Å². The van der Waals surface area contributed by atoms with Crippen molar-refractivity contribution < 1.29 is 13.2 Å². The summed E-state index contributed by atoms with van der Waals surface area (Å²) in [5.41, 5.74) is 4.61. The highest BCUT2D eigenvalue weighted by molar-refractivity contribution is 5.85. The standard InChI is InChI=1S/C11H10F3N.ClH/c1-3-9(15)7-5-4-6-8(10(7)12)11(2,13)14;/h1,4-6,9H,15H2,2H3;1H/t9-;/m1./s1. The maximum absolute atomic E-state index is 13.6. The van der Waals surface area contributed by atoms with Crippen LogP contribution in [0.1, 0.15) is 24.1 Å². The summed E-state index contributed by atoms with van der Waals surface area (Å²) in [6, 6.07) is 2.62. The van der Waals surface area contributed by atoms with Gasteiger partial charge in [-0.15, -0.1) is 18.8 Å². The van der Waals surface area contributed by atoms with E-state index in [1.54, 1.807) is 0 Å². The van der Waals surface area contributed by atoms with E-state index < -0.39 is 23.3 Å². The van der Waals surface area contributed by atoms with E-state index in [1.807, 2.05) is 0 Å². The van der Waals surface area contributed by atoms with Gasteiger partial charge >= 0.3 is 0 Å². The Balaban J connectivity index is 0.00000225. The van der Waals surface area contributed by atoms with E-state index in [0.29, 0.717) is 6.92 Å². The summed E-state index contributed by atoms with van der Waals surface area (Å²) < 4.78 is 39.4. The van der Waals surface area contributed by atoms with Crippen LogP contribution in [0.2, 0.25) is 0 Å². The Bertz CT molecular complexity index is 407. The van der Waals surface area contributed by atoms with Gasteiger partial charge in [-0.3, -0.25) is 0 Å². The quantitative estimate of drug-likeness (QED) is 0.802. The number of terminal acetylenes is 1. The van der Waals surface area contributed by atoms with Crippen LogP contribution in [0.4, 0.5) is 13.2 Å². The van der Waals surface area contributed by atoms with Crippen LogP contribution in [-0.2, 0) is 5.92 Å². The molecule has 0 aliphatic carbocycles. The molecule has 0 aliphatic heterocycles. The van der Waals surface area contributed by atoms with E-state index in [1.165, 1.54) is 12.1 Å². The zero-order valence-electron chi connectivity index (χ0n) is 8.51. The molecule has 5 heteroatoms. The van der Waals surface area contributed by atoms with Gasteiger partial charge in [0.05, 0.1) is 11.6 Å². The van der Waals surface area contributed by atoms with Crippen LogP contribution in [0, 0.1) is 18.2 Å². The molecule has 1 nitrogen and oxygen atoms in total. The summed E-state index contributed by atoms with van der Waals surface area (Å²) >= 11 is 0. The SMILES string of the molecule is C#C[C@@H](N)c1cccc(C(C)(F)F)c1F.Cl. The fourth-order valence-corrected chi connectivity index (χ4v) is 1.22. The molecule has 0 spiro atoms. The minimum Gasteiger partial charge on any atom is -0.314 e. The first-order valence-corrected chi connectivity index (χ1v) is 4.26. The third-order valence-electron chi connectivity index (χ3n) is 2.02. The predicted octanol–water partition coefficient (Wildman–Crippen LogP) is 2.99. The van der Waals surface area contributed by atoms with Gasteiger partial charge in [-0.2, -0.15) is 0 Å². The molecule has 2 N–H and O–H groups in total. The van der Waals surface area contributed by atoms with E-state index >= 15 is 0 Å². The zero-order valence-corrected chi connectivity index (χ0v) is 9.32. The maximum Gasteiger partial charge on any atom is 0.273 e. The van der Waals surface area contributed by atoms with Crippen LogP contribution < -0.4 is 5.73 Å². The summed E-state index contributed by atoms with van der Waals surface area (Å²) in [5.74, 6) is -2.18. The first kappa shape index (κ1) is 14.8. The monoisotopic (exact) mass is 249 g/mol. The normalized spacial score (nSPS) is 12.5. The number of alkyl halides is 2. The number of benzene rings is 1. The van der Waals surface area contributed by atoms with E-state index in [4.69, 9.17) is 12.2 Å². The number of halogens is 4. The second-order valence-electron chi connectivity index (χ2n) is 3.24. The lowest BCUT2D eigenvalue weighted by atomic mass is 10.0. The average Bonchev–Trinajstić information content (AvgIpc) is 2.15. The van der Waals surface area contributed by atoms with Crippen molar-refractivity contribution in [3.8, 4) is 12.3 Å². The third kappa shape index (κ3) is 2.91. The molecule has 0 saturated heterocycles. The van der Waals surface area contributed by atoms with Gasteiger partial charge in [-0.05, 0) is 0 Å². The van der Waals surface area contributed by atoms with Gasteiger partial charge in [-0.25, -0.2) is 13.2 Å². The topological polar surface area (TPSA) is 26.0 Å². The maximum atomic E-state index is 13.6. The summed E-state index contributed by atoms with van der Waals surface area (Å²) in [6.45, 7) is 0.622. The minimum atomic E-state index is -3.24. The number of hydrogen-bond donors (Lipinski definition) is 1. The highest BCUT2D eigenvalue weighted by Gasteiger charge is 2.29. The van der Waals surface area contributed by atoms with Crippen molar-refractivity contribution in [3.05, 3.63) is 35.1 Å². The molecule has 1 aromatic rings. The summed E-state index contributed by atoms with van der Waals surface area (Å²) in [5, 5.41) is 0. The molecular formula is C11H11ClF3N. The molecule has 1 atom stereocenters. The largest absolute Gasteiger partial charge is 0.314 e. The Labute approximate surface area is 98.2 Å². The molecule has 16 heavy (non-hydrogen) atoms.